The molecule has 2 aromatic carbocycles. The fourth-order valence-electron chi connectivity index (χ4n) is 2.51. The number of hydrogen-bond donors (Lipinski definition) is 0. The van der Waals surface area contributed by atoms with Gasteiger partial charge in [0.2, 0.25) is 5.88 Å². The lowest BCUT2D eigenvalue weighted by molar-refractivity contribution is 0.567. The van der Waals surface area contributed by atoms with Crippen LogP contribution in [0.1, 0.15) is 0 Å². The third-order valence-corrected chi connectivity index (χ3v) is 4.35. The Kier molecular flexibility index (Phi) is 3.10. The van der Waals surface area contributed by atoms with Crippen molar-refractivity contribution >= 4 is 49.3 Å². The minimum absolute atomic E-state index is 0.128. The van der Waals surface area contributed by atoms with Crippen LogP contribution < -0.4 is 5.43 Å². The number of hydrogen-bond acceptors (Lipinski definition) is 2. The highest BCUT2D eigenvalue weighted by molar-refractivity contribution is 9.10. The van der Waals surface area contributed by atoms with Gasteiger partial charge < -0.3 is 4.42 Å². The summed E-state index contributed by atoms with van der Waals surface area (Å²) in [5.41, 5.74) is 0.363. The van der Waals surface area contributed by atoms with Gasteiger partial charge in [0, 0.05) is 23.5 Å². The van der Waals surface area contributed by atoms with E-state index in [2.05, 4.69) is 15.9 Å². The molecule has 2 aromatic heterocycles. The topological polar surface area (TPSA) is 35.1 Å². The average Bonchev–Trinajstić information content (AvgIpc) is 2.92. The molecule has 5 heteroatoms. The molecule has 0 amide bonds. The fraction of sp³-hybridized carbons (Fsp3) is 0. The van der Waals surface area contributed by atoms with Crippen LogP contribution in [0.2, 0.25) is 5.02 Å². The van der Waals surface area contributed by atoms with E-state index < -0.39 is 0 Å². The zero-order valence-electron chi connectivity index (χ0n) is 11.2. The molecule has 0 aliphatic rings. The molecule has 0 atom stereocenters. The monoisotopic (exact) mass is 373 g/mol. The van der Waals surface area contributed by atoms with E-state index in [4.69, 9.17) is 16.0 Å². The van der Waals surface area contributed by atoms with E-state index in [0.717, 1.165) is 10.8 Å². The van der Waals surface area contributed by atoms with Crippen molar-refractivity contribution in [2.75, 3.05) is 0 Å². The van der Waals surface area contributed by atoms with Crippen LogP contribution in [0, 0.1) is 0 Å². The molecule has 22 heavy (non-hydrogen) atoms. The molecular formula is C17H9BrClNO2. The standard InChI is InChI=1S/C17H9BrClNO2/c18-14-6-12(19)5-13-15(21)7-16(22-17(13)14)20-8-10-3-1-2-4-11(10)9-20/h1-9H. The van der Waals surface area contributed by atoms with Crippen LogP contribution in [0.5, 0.6) is 0 Å². The van der Waals surface area contributed by atoms with Crippen LogP contribution >= 0.6 is 27.5 Å². The van der Waals surface area contributed by atoms with Crippen molar-refractivity contribution in [3.8, 4) is 5.88 Å². The van der Waals surface area contributed by atoms with Gasteiger partial charge in [-0.3, -0.25) is 9.36 Å². The van der Waals surface area contributed by atoms with Crippen molar-refractivity contribution in [3.05, 3.63) is 74.6 Å². The fourth-order valence-corrected chi connectivity index (χ4v) is 3.40. The molecular weight excluding hydrogens is 366 g/mol. The van der Waals surface area contributed by atoms with Crippen LogP contribution in [0.25, 0.3) is 27.6 Å². The zero-order valence-corrected chi connectivity index (χ0v) is 13.6. The third-order valence-electron chi connectivity index (χ3n) is 3.54. The molecule has 0 fully saturated rings. The van der Waals surface area contributed by atoms with Crippen LogP contribution in [-0.2, 0) is 0 Å². The molecule has 0 unspecified atom stereocenters. The molecule has 0 saturated carbocycles. The number of fused-ring (bicyclic) bond motifs is 2. The quantitative estimate of drug-likeness (QED) is 0.462. The highest BCUT2D eigenvalue weighted by Crippen LogP contribution is 2.28. The summed E-state index contributed by atoms with van der Waals surface area (Å²) < 4.78 is 8.37. The SMILES string of the molecule is O=c1cc(-n2cc3ccccc3c2)oc2c(Br)cc(Cl)cc12. The Balaban J connectivity index is 2.01. The molecule has 4 rings (SSSR count). The van der Waals surface area contributed by atoms with Crippen molar-refractivity contribution in [3.63, 3.8) is 0 Å². The van der Waals surface area contributed by atoms with Crippen molar-refractivity contribution in [1.82, 2.24) is 4.57 Å². The molecule has 0 N–H and O–H groups in total. The summed E-state index contributed by atoms with van der Waals surface area (Å²) >= 11 is 9.39. The second-order valence-electron chi connectivity index (χ2n) is 5.01. The molecule has 2 heterocycles. The second-order valence-corrected chi connectivity index (χ2v) is 6.30. The largest absolute Gasteiger partial charge is 0.438 e. The Labute approximate surface area is 138 Å². The first kappa shape index (κ1) is 13.6. The summed E-state index contributed by atoms with van der Waals surface area (Å²) in [5.74, 6) is 0.469. The second kappa shape index (κ2) is 5.00. The first-order valence-electron chi connectivity index (χ1n) is 6.62. The van der Waals surface area contributed by atoms with E-state index in [1.165, 1.54) is 6.07 Å². The van der Waals surface area contributed by atoms with Gasteiger partial charge in [0.15, 0.2) is 11.0 Å². The maximum absolute atomic E-state index is 12.3. The first-order valence-corrected chi connectivity index (χ1v) is 7.79. The van der Waals surface area contributed by atoms with Crippen LogP contribution in [-0.4, -0.2) is 4.57 Å². The van der Waals surface area contributed by atoms with Gasteiger partial charge in [-0.2, -0.15) is 0 Å². The molecule has 0 aliphatic carbocycles. The smallest absolute Gasteiger partial charge is 0.208 e. The number of benzene rings is 2. The van der Waals surface area contributed by atoms with Gasteiger partial charge in [0.1, 0.15) is 0 Å². The highest BCUT2D eigenvalue weighted by Gasteiger charge is 2.11. The van der Waals surface area contributed by atoms with E-state index in [1.807, 2.05) is 41.2 Å². The van der Waals surface area contributed by atoms with Gasteiger partial charge in [0.05, 0.1) is 9.86 Å². The predicted molar refractivity (Wildman–Crippen MR) is 92.0 cm³/mol. The summed E-state index contributed by atoms with van der Waals surface area (Å²) in [6.07, 6.45) is 3.87. The Bertz CT molecular complexity index is 1050. The van der Waals surface area contributed by atoms with Gasteiger partial charge >= 0.3 is 0 Å². The molecule has 108 valence electrons. The van der Waals surface area contributed by atoms with E-state index in [0.29, 0.717) is 26.3 Å². The molecule has 4 aromatic rings. The highest BCUT2D eigenvalue weighted by atomic mass is 79.9. The van der Waals surface area contributed by atoms with E-state index >= 15 is 0 Å². The normalized spacial score (nSPS) is 11.4. The van der Waals surface area contributed by atoms with Crippen LogP contribution in [0.15, 0.2) is 68.5 Å². The zero-order chi connectivity index (χ0) is 15.3. The molecule has 0 saturated heterocycles. The van der Waals surface area contributed by atoms with Crippen molar-refractivity contribution in [2.45, 2.75) is 0 Å². The molecule has 3 nitrogen and oxygen atoms in total. The van der Waals surface area contributed by atoms with Crippen LogP contribution in [0.3, 0.4) is 0 Å². The minimum atomic E-state index is -0.128. The van der Waals surface area contributed by atoms with Crippen LogP contribution in [0.4, 0.5) is 0 Å². The van der Waals surface area contributed by atoms with Crippen molar-refractivity contribution < 1.29 is 4.42 Å². The number of nitrogens with zero attached hydrogens (tertiary/aromatic N) is 1. The number of rotatable bonds is 1. The molecule has 0 spiro atoms. The number of aromatic nitrogens is 1. The Morgan fingerprint density at radius 1 is 1.05 bits per heavy atom. The van der Waals surface area contributed by atoms with Crippen molar-refractivity contribution in [2.24, 2.45) is 0 Å². The lowest BCUT2D eigenvalue weighted by Gasteiger charge is -2.05. The molecule has 0 bridgehead atoms. The summed E-state index contributed by atoms with van der Waals surface area (Å²) in [7, 11) is 0. The third kappa shape index (κ3) is 2.16. The lowest BCUT2D eigenvalue weighted by atomic mass is 10.2. The van der Waals surface area contributed by atoms with Gasteiger partial charge in [-0.25, -0.2) is 0 Å². The van der Waals surface area contributed by atoms with Gasteiger partial charge in [0.25, 0.3) is 0 Å². The lowest BCUT2D eigenvalue weighted by Crippen LogP contribution is -2.03. The Hall–Kier alpha value is -2.04. The summed E-state index contributed by atoms with van der Waals surface area (Å²) in [5, 5.41) is 3.12. The summed E-state index contributed by atoms with van der Waals surface area (Å²) in [4.78, 5) is 12.3. The van der Waals surface area contributed by atoms with Crippen molar-refractivity contribution in [1.29, 1.82) is 0 Å². The van der Waals surface area contributed by atoms with Gasteiger partial charge in [-0.1, -0.05) is 35.9 Å². The summed E-state index contributed by atoms with van der Waals surface area (Å²) in [6.45, 7) is 0. The van der Waals surface area contributed by atoms with E-state index in [1.54, 1.807) is 12.1 Å². The minimum Gasteiger partial charge on any atom is -0.438 e. The maximum Gasteiger partial charge on any atom is 0.208 e. The van der Waals surface area contributed by atoms with E-state index in [9.17, 15) is 4.79 Å². The van der Waals surface area contributed by atoms with Gasteiger partial charge in [-0.05, 0) is 38.8 Å². The Morgan fingerprint density at radius 3 is 2.41 bits per heavy atom. The predicted octanol–water partition coefficient (Wildman–Crippen LogP) is 5.15. The van der Waals surface area contributed by atoms with E-state index in [-0.39, 0.29) is 5.43 Å². The number of halogens is 2. The molecule has 0 radical (unpaired) electrons. The maximum atomic E-state index is 12.3. The first-order chi connectivity index (χ1) is 10.6. The summed E-state index contributed by atoms with van der Waals surface area (Å²) in [6, 6.07) is 12.8. The van der Waals surface area contributed by atoms with Gasteiger partial charge in [-0.15, -0.1) is 0 Å². The molecule has 0 aliphatic heterocycles. The Morgan fingerprint density at radius 2 is 1.73 bits per heavy atom. The average molecular weight is 375 g/mol.